The molecule has 1 N–H and O–H groups in total. The Morgan fingerprint density at radius 2 is 1.80 bits per heavy atom. The molecule has 122 valence electrons. The fourth-order valence-corrected chi connectivity index (χ4v) is 2.97. The molecule has 0 aliphatic rings. The zero-order valence-electron chi connectivity index (χ0n) is 13.6. The first-order valence-corrected chi connectivity index (χ1v) is 7.91. The first-order chi connectivity index (χ1) is 12.1. The van der Waals surface area contributed by atoms with Crippen molar-refractivity contribution >= 4 is 17.1 Å². The number of furan rings is 1. The summed E-state index contributed by atoms with van der Waals surface area (Å²) in [4.78, 5) is 15.7. The molecule has 0 amide bonds. The van der Waals surface area contributed by atoms with Crippen molar-refractivity contribution in [1.29, 1.82) is 0 Å². The van der Waals surface area contributed by atoms with Gasteiger partial charge >= 0.3 is 5.97 Å². The van der Waals surface area contributed by atoms with Crippen LogP contribution < -0.4 is 0 Å². The van der Waals surface area contributed by atoms with E-state index in [1.54, 1.807) is 18.3 Å². The maximum atomic E-state index is 11.3. The average molecular weight is 329 g/mol. The number of nitrogens with zero attached hydrogens (tertiary/aromatic N) is 1. The summed E-state index contributed by atoms with van der Waals surface area (Å²) >= 11 is 0. The molecule has 2 aromatic heterocycles. The highest BCUT2D eigenvalue weighted by molar-refractivity contribution is 5.93. The molecule has 25 heavy (non-hydrogen) atoms. The van der Waals surface area contributed by atoms with Crippen LogP contribution in [0.4, 0.5) is 0 Å². The molecular weight excluding hydrogens is 314 g/mol. The highest BCUT2D eigenvalue weighted by Crippen LogP contribution is 2.34. The van der Waals surface area contributed by atoms with Gasteiger partial charge in [0.1, 0.15) is 11.3 Å². The number of carboxylic acid groups (broad SMARTS) is 1. The Kier molecular flexibility index (Phi) is 3.58. The van der Waals surface area contributed by atoms with Gasteiger partial charge in [-0.25, -0.2) is 4.79 Å². The van der Waals surface area contributed by atoms with Crippen LogP contribution in [0.15, 0.2) is 71.3 Å². The SMILES string of the molecule is Cc1cc(C(=O)O)cc(-c2cc3nccc(-c4ccccc4)c3o2)c1. The van der Waals surface area contributed by atoms with E-state index < -0.39 is 5.97 Å². The Morgan fingerprint density at radius 1 is 1.00 bits per heavy atom. The second kappa shape index (κ2) is 5.91. The molecule has 2 heterocycles. The monoisotopic (exact) mass is 329 g/mol. The minimum Gasteiger partial charge on any atom is -0.478 e. The Morgan fingerprint density at radius 3 is 2.56 bits per heavy atom. The van der Waals surface area contributed by atoms with Gasteiger partial charge in [0.2, 0.25) is 0 Å². The van der Waals surface area contributed by atoms with Crippen LogP contribution in [-0.2, 0) is 0 Å². The van der Waals surface area contributed by atoms with Gasteiger partial charge < -0.3 is 9.52 Å². The van der Waals surface area contributed by atoms with Crippen molar-refractivity contribution in [1.82, 2.24) is 4.98 Å². The van der Waals surface area contributed by atoms with Gasteiger partial charge in [-0.2, -0.15) is 0 Å². The van der Waals surface area contributed by atoms with E-state index in [0.717, 1.165) is 27.8 Å². The number of rotatable bonds is 3. The van der Waals surface area contributed by atoms with Crippen molar-refractivity contribution in [3.05, 3.63) is 78.0 Å². The van der Waals surface area contributed by atoms with Crippen LogP contribution in [0.3, 0.4) is 0 Å². The van der Waals surface area contributed by atoms with Gasteiger partial charge in [-0.05, 0) is 42.3 Å². The second-order valence-electron chi connectivity index (χ2n) is 5.94. The maximum Gasteiger partial charge on any atom is 0.335 e. The number of aryl methyl sites for hydroxylation is 1. The van der Waals surface area contributed by atoms with Crippen LogP contribution in [0.2, 0.25) is 0 Å². The lowest BCUT2D eigenvalue weighted by Crippen LogP contribution is -1.97. The van der Waals surface area contributed by atoms with Gasteiger partial charge in [-0.1, -0.05) is 30.3 Å². The predicted molar refractivity (Wildman–Crippen MR) is 96.6 cm³/mol. The highest BCUT2D eigenvalue weighted by atomic mass is 16.4. The molecule has 0 radical (unpaired) electrons. The first-order valence-electron chi connectivity index (χ1n) is 7.91. The minimum atomic E-state index is -0.954. The number of fused-ring (bicyclic) bond motifs is 1. The summed E-state index contributed by atoms with van der Waals surface area (Å²) in [7, 11) is 0. The number of carbonyl (C=O) groups is 1. The van der Waals surface area contributed by atoms with Crippen molar-refractivity contribution in [2.45, 2.75) is 6.92 Å². The van der Waals surface area contributed by atoms with Crippen LogP contribution in [0, 0.1) is 6.92 Å². The van der Waals surface area contributed by atoms with Crippen molar-refractivity contribution in [3.63, 3.8) is 0 Å². The van der Waals surface area contributed by atoms with Crippen LogP contribution in [-0.4, -0.2) is 16.1 Å². The van der Waals surface area contributed by atoms with Gasteiger partial charge in [0.25, 0.3) is 0 Å². The smallest absolute Gasteiger partial charge is 0.335 e. The van der Waals surface area contributed by atoms with Crippen molar-refractivity contribution in [3.8, 4) is 22.5 Å². The standard InChI is InChI=1S/C21H15NO3/c1-13-9-15(11-16(10-13)21(23)24)19-12-18-20(25-19)17(7-8-22-18)14-5-3-2-4-6-14/h2-12H,1H3,(H,23,24). The summed E-state index contributed by atoms with van der Waals surface area (Å²) in [5.74, 6) is -0.346. The van der Waals surface area contributed by atoms with E-state index in [0.29, 0.717) is 11.3 Å². The summed E-state index contributed by atoms with van der Waals surface area (Å²) in [5.41, 5.74) is 5.29. The van der Waals surface area contributed by atoms with Crippen molar-refractivity contribution in [2.75, 3.05) is 0 Å². The van der Waals surface area contributed by atoms with E-state index in [1.165, 1.54) is 0 Å². The topological polar surface area (TPSA) is 63.3 Å². The molecule has 4 rings (SSSR count). The summed E-state index contributed by atoms with van der Waals surface area (Å²) in [6, 6.07) is 18.9. The van der Waals surface area contributed by atoms with E-state index in [4.69, 9.17) is 4.42 Å². The lowest BCUT2D eigenvalue weighted by molar-refractivity contribution is 0.0697. The normalized spacial score (nSPS) is 10.9. The maximum absolute atomic E-state index is 11.3. The number of pyridine rings is 1. The summed E-state index contributed by atoms with van der Waals surface area (Å²) in [5, 5.41) is 9.27. The van der Waals surface area contributed by atoms with Crippen LogP contribution in [0.1, 0.15) is 15.9 Å². The Balaban J connectivity index is 1.90. The number of aromatic carboxylic acids is 1. The molecule has 0 saturated carbocycles. The largest absolute Gasteiger partial charge is 0.478 e. The number of benzene rings is 2. The van der Waals surface area contributed by atoms with E-state index in [1.807, 2.05) is 55.5 Å². The fraction of sp³-hybridized carbons (Fsp3) is 0.0476. The van der Waals surface area contributed by atoms with Gasteiger partial charge in [-0.3, -0.25) is 4.98 Å². The molecule has 4 nitrogen and oxygen atoms in total. The first kappa shape index (κ1) is 15.1. The molecule has 0 atom stereocenters. The number of carboxylic acids is 1. The lowest BCUT2D eigenvalue weighted by Gasteiger charge is -2.03. The molecular formula is C21H15NO3. The molecule has 0 bridgehead atoms. The molecule has 4 heteroatoms. The van der Waals surface area contributed by atoms with E-state index in [9.17, 15) is 9.90 Å². The van der Waals surface area contributed by atoms with E-state index >= 15 is 0 Å². The molecule has 0 aliphatic carbocycles. The molecule has 4 aromatic rings. The number of aromatic nitrogens is 1. The Hall–Kier alpha value is -3.40. The van der Waals surface area contributed by atoms with Gasteiger partial charge in [0, 0.05) is 23.4 Å². The Bertz CT molecular complexity index is 1080. The summed E-state index contributed by atoms with van der Waals surface area (Å²) < 4.78 is 6.07. The lowest BCUT2D eigenvalue weighted by atomic mass is 10.0. The van der Waals surface area contributed by atoms with Crippen molar-refractivity contribution in [2.24, 2.45) is 0 Å². The van der Waals surface area contributed by atoms with Crippen LogP contribution in [0.5, 0.6) is 0 Å². The number of hydrogen-bond donors (Lipinski definition) is 1. The highest BCUT2D eigenvalue weighted by Gasteiger charge is 2.14. The van der Waals surface area contributed by atoms with Crippen LogP contribution in [0.25, 0.3) is 33.6 Å². The summed E-state index contributed by atoms with van der Waals surface area (Å²) in [6.45, 7) is 1.87. The van der Waals surface area contributed by atoms with Gasteiger partial charge in [0.05, 0.1) is 5.56 Å². The third kappa shape index (κ3) is 2.78. The zero-order chi connectivity index (χ0) is 17.4. The molecule has 0 saturated heterocycles. The van der Waals surface area contributed by atoms with Gasteiger partial charge in [-0.15, -0.1) is 0 Å². The van der Waals surface area contributed by atoms with Crippen LogP contribution >= 0.6 is 0 Å². The number of hydrogen-bond acceptors (Lipinski definition) is 3. The molecule has 0 aliphatic heterocycles. The summed E-state index contributed by atoms with van der Waals surface area (Å²) in [6.07, 6.45) is 1.75. The second-order valence-corrected chi connectivity index (χ2v) is 5.94. The minimum absolute atomic E-state index is 0.242. The Labute approximate surface area is 144 Å². The molecule has 0 spiro atoms. The third-order valence-corrected chi connectivity index (χ3v) is 4.11. The average Bonchev–Trinajstić information content (AvgIpc) is 3.06. The van der Waals surface area contributed by atoms with E-state index in [-0.39, 0.29) is 5.56 Å². The molecule has 2 aromatic carbocycles. The zero-order valence-corrected chi connectivity index (χ0v) is 13.6. The van der Waals surface area contributed by atoms with E-state index in [2.05, 4.69) is 4.98 Å². The van der Waals surface area contributed by atoms with Crippen molar-refractivity contribution < 1.29 is 14.3 Å². The third-order valence-electron chi connectivity index (χ3n) is 4.11. The quantitative estimate of drug-likeness (QED) is 0.563. The van der Waals surface area contributed by atoms with Gasteiger partial charge in [0.15, 0.2) is 5.58 Å². The fourth-order valence-electron chi connectivity index (χ4n) is 2.97. The molecule has 0 unspecified atom stereocenters. The predicted octanol–water partition coefficient (Wildman–Crippen LogP) is 5.17. The molecule has 0 fully saturated rings.